The van der Waals surface area contributed by atoms with Crippen molar-refractivity contribution in [3.63, 3.8) is 0 Å². The van der Waals surface area contributed by atoms with Crippen LogP contribution in [0.4, 0.5) is 0 Å². The van der Waals surface area contributed by atoms with Crippen LogP contribution < -0.4 is 4.74 Å². The van der Waals surface area contributed by atoms with Crippen LogP contribution in [0.15, 0.2) is 22.7 Å². The van der Waals surface area contributed by atoms with Crippen LogP contribution in [0.2, 0.25) is 5.02 Å². The molecule has 0 saturated carbocycles. The lowest BCUT2D eigenvalue weighted by molar-refractivity contribution is -0.147. The van der Waals surface area contributed by atoms with Gasteiger partial charge in [-0.2, -0.15) is 0 Å². The first-order valence-corrected chi connectivity index (χ1v) is 8.40. The number of hydrogen-bond donors (Lipinski definition) is 0. The second kappa shape index (κ2) is 6.57. The van der Waals surface area contributed by atoms with Gasteiger partial charge in [0, 0.05) is 17.6 Å². The third-order valence-electron chi connectivity index (χ3n) is 3.72. The SMILES string of the molecule is C[C@H]1CCCN(C(=O)C(C)(C)Oc2ccc(Br)cc2Cl)C1. The Labute approximate surface area is 139 Å². The molecule has 2 rings (SSSR count). The maximum atomic E-state index is 12.7. The van der Waals surface area contributed by atoms with E-state index in [1.165, 1.54) is 6.42 Å². The summed E-state index contributed by atoms with van der Waals surface area (Å²) < 4.78 is 6.78. The van der Waals surface area contributed by atoms with Gasteiger partial charge in [0.05, 0.1) is 5.02 Å². The summed E-state index contributed by atoms with van der Waals surface area (Å²) in [5, 5.41) is 0.497. The third kappa shape index (κ3) is 4.13. The molecule has 0 radical (unpaired) electrons. The van der Waals surface area contributed by atoms with Crippen molar-refractivity contribution < 1.29 is 9.53 Å². The second-order valence-electron chi connectivity index (χ2n) is 6.19. The van der Waals surface area contributed by atoms with Crippen molar-refractivity contribution in [3.05, 3.63) is 27.7 Å². The highest BCUT2D eigenvalue weighted by Crippen LogP contribution is 2.31. The van der Waals surface area contributed by atoms with Crippen LogP contribution in [0.25, 0.3) is 0 Å². The van der Waals surface area contributed by atoms with Gasteiger partial charge in [0.15, 0.2) is 5.60 Å². The van der Waals surface area contributed by atoms with Crippen molar-refractivity contribution in [1.82, 2.24) is 4.90 Å². The van der Waals surface area contributed by atoms with Crippen LogP contribution in [0, 0.1) is 5.92 Å². The van der Waals surface area contributed by atoms with E-state index in [-0.39, 0.29) is 5.91 Å². The van der Waals surface area contributed by atoms with E-state index in [4.69, 9.17) is 16.3 Å². The molecule has 3 nitrogen and oxygen atoms in total. The summed E-state index contributed by atoms with van der Waals surface area (Å²) in [5.74, 6) is 1.10. The Hall–Kier alpha value is -0.740. The molecule has 0 unspecified atom stereocenters. The summed E-state index contributed by atoms with van der Waals surface area (Å²) in [6.07, 6.45) is 2.24. The standard InChI is InChI=1S/C16H21BrClNO2/c1-11-5-4-8-19(10-11)15(20)16(2,3)21-14-7-6-12(17)9-13(14)18/h6-7,9,11H,4-5,8,10H2,1-3H3/t11-/m0/s1. The van der Waals surface area contributed by atoms with Gasteiger partial charge in [-0.15, -0.1) is 0 Å². The molecule has 1 atom stereocenters. The predicted octanol–water partition coefficient (Wildman–Crippen LogP) is 4.52. The summed E-state index contributed by atoms with van der Waals surface area (Å²) in [6, 6.07) is 5.39. The molecule has 1 amide bonds. The fraction of sp³-hybridized carbons (Fsp3) is 0.562. The first kappa shape index (κ1) is 16.6. The minimum absolute atomic E-state index is 0.0213. The Morgan fingerprint density at radius 1 is 1.48 bits per heavy atom. The number of carbonyl (C=O) groups excluding carboxylic acids is 1. The van der Waals surface area contributed by atoms with Crippen molar-refractivity contribution in [2.45, 2.75) is 39.2 Å². The first-order valence-electron chi connectivity index (χ1n) is 7.23. The van der Waals surface area contributed by atoms with Crippen LogP contribution in [0.1, 0.15) is 33.6 Å². The lowest BCUT2D eigenvalue weighted by Crippen LogP contribution is -2.51. The van der Waals surface area contributed by atoms with E-state index in [9.17, 15) is 4.79 Å². The number of benzene rings is 1. The van der Waals surface area contributed by atoms with Crippen molar-refractivity contribution in [1.29, 1.82) is 0 Å². The highest BCUT2D eigenvalue weighted by Gasteiger charge is 2.36. The zero-order valence-corrected chi connectivity index (χ0v) is 15.0. The molecule has 1 aromatic carbocycles. The number of nitrogens with zero attached hydrogens (tertiary/aromatic N) is 1. The topological polar surface area (TPSA) is 29.5 Å². The summed E-state index contributed by atoms with van der Waals surface area (Å²) in [6.45, 7) is 7.39. The third-order valence-corrected chi connectivity index (χ3v) is 4.51. The minimum Gasteiger partial charge on any atom is -0.476 e. The zero-order valence-electron chi connectivity index (χ0n) is 12.7. The molecule has 0 N–H and O–H groups in total. The minimum atomic E-state index is -0.922. The Balaban J connectivity index is 2.11. The number of amides is 1. The predicted molar refractivity (Wildman–Crippen MR) is 88.8 cm³/mol. The van der Waals surface area contributed by atoms with Gasteiger partial charge < -0.3 is 9.64 Å². The van der Waals surface area contributed by atoms with Gasteiger partial charge in [-0.1, -0.05) is 34.5 Å². The van der Waals surface area contributed by atoms with Crippen molar-refractivity contribution >= 4 is 33.4 Å². The van der Waals surface area contributed by atoms with E-state index in [1.54, 1.807) is 26.0 Å². The molecule has 0 spiro atoms. The monoisotopic (exact) mass is 373 g/mol. The van der Waals surface area contributed by atoms with Crippen LogP contribution in [0.3, 0.4) is 0 Å². The highest BCUT2D eigenvalue weighted by atomic mass is 79.9. The van der Waals surface area contributed by atoms with Crippen molar-refractivity contribution in [2.75, 3.05) is 13.1 Å². The fourth-order valence-electron chi connectivity index (χ4n) is 2.63. The number of piperidine rings is 1. The Bertz CT molecular complexity index is 533. The van der Waals surface area contributed by atoms with Gasteiger partial charge in [0.25, 0.3) is 5.91 Å². The van der Waals surface area contributed by atoms with Gasteiger partial charge in [0.2, 0.25) is 0 Å². The quantitative estimate of drug-likeness (QED) is 0.778. The molecule has 116 valence electrons. The summed E-state index contributed by atoms with van der Waals surface area (Å²) in [5.41, 5.74) is -0.922. The van der Waals surface area contributed by atoms with Crippen molar-refractivity contribution in [3.8, 4) is 5.75 Å². The normalized spacial score (nSPS) is 19.5. The van der Waals surface area contributed by atoms with Crippen LogP contribution in [-0.2, 0) is 4.79 Å². The summed E-state index contributed by atoms with van der Waals surface area (Å²) >= 11 is 9.53. The van der Waals surface area contributed by atoms with Gasteiger partial charge in [-0.25, -0.2) is 0 Å². The molecule has 0 aromatic heterocycles. The van der Waals surface area contributed by atoms with Gasteiger partial charge in [0.1, 0.15) is 5.75 Å². The first-order chi connectivity index (χ1) is 9.79. The average Bonchev–Trinajstić information content (AvgIpc) is 2.41. The van der Waals surface area contributed by atoms with Gasteiger partial charge >= 0.3 is 0 Å². The molecular formula is C16H21BrClNO2. The maximum Gasteiger partial charge on any atom is 0.266 e. The molecule has 0 bridgehead atoms. The Kier molecular flexibility index (Phi) is 5.20. The second-order valence-corrected chi connectivity index (χ2v) is 7.51. The number of halogens is 2. The lowest BCUT2D eigenvalue weighted by Gasteiger charge is -2.36. The van der Waals surface area contributed by atoms with E-state index in [0.717, 1.165) is 24.0 Å². The molecule has 0 aliphatic carbocycles. The maximum absolute atomic E-state index is 12.7. The number of ether oxygens (including phenoxy) is 1. The number of likely N-dealkylation sites (tertiary alicyclic amines) is 1. The van der Waals surface area contributed by atoms with Crippen molar-refractivity contribution in [2.24, 2.45) is 5.92 Å². The van der Waals surface area contributed by atoms with Gasteiger partial charge in [-0.05, 0) is 50.8 Å². The molecule has 1 aliphatic heterocycles. The fourth-order valence-corrected chi connectivity index (χ4v) is 3.34. The Morgan fingerprint density at radius 2 is 2.19 bits per heavy atom. The summed E-state index contributed by atoms with van der Waals surface area (Å²) in [4.78, 5) is 14.6. The molecule has 21 heavy (non-hydrogen) atoms. The lowest BCUT2D eigenvalue weighted by atomic mass is 9.98. The molecule has 1 fully saturated rings. The van der Waals surface area contributed by atoms with Crippen LogP contribution >= 0.6 is 27.5 Å². The van der Waals surface area contributed by atoms with E-state index in [2.05, 4.69) is 22.9 Å². The molecule has 1 aromatic rings. The summed E-state index contributed by atoms with van der Waals surface area (Å²) in [7, 11) is 0. The zero-order chi connectivity index (χ0) is 15.6. The molecular weight excluding hydrogens is 354 g/mol. The smallest absolute Gasteiger partial charge is 0.266 e. The van der Waals surface area contributed by atoms with E-state index in [1.807, 2.05) is 11.0 Å². The molecule has 1 heterocycles. The van der Waals surface area contributed by atoms with Crippen LogP contribution in [-0.4, -0.2) is 29.5 Å². The van der Waals surface area contributed by atoms with E-state index < -0.39 is 5.60 Å². The molecule has 5 heteroatoms. The largest absolute Gasteiger partial charge is 0.476 e. The Morgan fingerprint density at radius 3 is 2.81 bits per heavy atom. The number of hydrogen-bond acceptors (Lipinski definition) is 2. The highest BCUT2D eigenvalue weighted by molar-refractivity contribution is 9.10. The van der Waals surface area contributed by atoms with E-state index >= 15 is 0 Å². The average molecular weight is 375 g/mol. The van der Waals surface area contributed by atoms with Crippen LogP contribution in [0.5, 0.6) is 5.75 Å². The molecule has 1 saturated heterocycles. The van der Waals surface area contributed by atoms with Gasteiger partial charge in [-0.3, -0.25) is 4.79 Å². The number of carbonyl (C=O) groups is 1. The molecule has 1 aliphatic rings. The number of rotatable bonds is 3. The van der Waals surface area contributed by atoms with E-state index in [0.29, 0.717) is 16.7 Å².